The summed E-state index contributed by atoms with van der Waals surface area (Å²) in [6, 6.07) is 23.5. The average molecular weight is 381 g/mol. The van der Waals surface area contributed by atoms with Gasteiger partial charge in [0, 0.05) is 34.9 Å². The van der Waals surface area contributed by atoms with Crippen molar-refractivity contribution in [3.05, 3.63) is 109 Å². The molecule has 1 aromatic heterocycles. The molecule has 3 aromatic rings. The van der Waals surface area contributed by atoms with Crippen LogP contribution < -0.4 is 10.2 Å². The summed E-state index contributed by atoms with van der Waals surface area (Å²) in [6.45, 7) is 0. The summed E-state index contributed by atoms with van der Waals surface area (Å²) < 4.78 is 0. The molecule has 2 heterocycles. The molecule has 4 rings (SSSR count). The first-order chi connectivity index (χ1) is 14.3. The molecule has 0 saturated carbocycles. The van der Waals surface area contributed by atoms with Crippen molar-refractivity contribution in [3.63, 3.8) is 0 Å². The highest BCUT2D eigenvalue weighted by Crippen LogP contribution is 2.30. The fraction of sp³-hybridized carbons (Fsp3) is 0.0417. The molecule has 2 aromatic carbocycles. The zero-order valence-electron chi connectivity index (χ0n) is 15.6. The predicted octanol–water partition coefficient (Wildman–Crippen LogP) is 4.08. The van der Waals surface area contributed by atoms with E-state index in [1.165, 1.54) is 0 Å². The molecule has 1 aliphatic heterocycles. The molecule has 1 amide bonds. The Bertz CT molecular complexity index is 1060. The summed E-state index contributed by atoms with van der Waals surface area (Å²) in [7, 11) is 0. The maximum Gasteiger partial charge on any atom is 0.254 e. The van der Waals surface area contributed by atoms with Crippen LogP contribution in [0.1, 0.15) is 5.69 Å². The summed E-state index contributed by atoms with van der Waals surface area (Å²) in [5.41, 5.74) is 3.32. The Kier molecular flexibility index (Phi) is 5.29. The maximum absolute atomic E-state index is 13.1. The molecule has 142 valence electrons. The smallest absolute Gasteiger partial charge is 0.254 e. The normalized spacial score (nSPS) is 15.9. The van der Waals surface area contributed by atoms with Crippen LogP contribution in [0.5, 0.6) is 0 Å². The van der Waals surface area contributed by atoms with Gasteiger partial charge in [-0.25, -0.2) is 0 Å². The van der Waals surface area contributed by atoms with Crippen LogP contribution in [0.25, 0.3) is 5.57 Å². The third kappa shape index (κ3) is 3.99. The van der Waals surface area contributed by atoms with E-state index in [9.17, 15) is 9.59 Å². The monoisotopic (exact) mass is 381 g/mol. The first-order valence-electron chi connectivity index (χ1n) is 9.26. The van der Waals surface area contributed by atoms with Crippen molar-refractivity contribution in [1.82, 2.24) is 4.98 Å². The fourth-order valence-electron chi connectivity index (χ4n) is 3.24. The van der Waals surface area contributed by atoms with Gasteiger partial charge in [0.2, 0.25) is 0 Å². The molecule has 0 spiro atoms. The van der Waals surface area contributed by atoms with Crippen LogP contribution in [0.15, 0.2) is 103 Å². The lowest BCUT2D eigenvalue weighted by Crippen LogP contribution is -2.40. The van der Waals surface area contributed by atoms with Gasteiger partial charge in [-0.05, 0) is 42.5 Å². The molecule has 0 radical (unpaired) electrons. The van der Waals surface area contributed by atoms with Gasteiger partial charge in [0.05, 0.1) is 5.69 Å². The Morgan fingerprint density at radius 3 is 2.28 bits per heavy atom. The number of anilines is 2. The average Bonchev–Trinajstić information content (AvgIpc) is 2.80. The standard InChI is InChI=1S/C24H19N3O2/c28-17-23-21(24(29)26-19-9-3-1-4-10-19)15-18(22-13-7-8-14-25-22)16-27(23)20-11-5-2-6-12-20/h1-17,23H,(H,26,29). The zero-order chi connectivity index (χ0) is 20.1. The van der Waals surface area contributed by atoms with Crippen LogP contribution in [-0.2, 0) is 9.59 Å². The van der Waals surface area contributed by atoms with Gasteiger partial charge < -0.3 is 15.0 Å². The minimum absolute atomic E-state index is 0.323. The van der Waals surface area contributed by atoms with Crippen LogP contribution in [-0.4, -0.2) is 23.2 Å². The summed E-state index contributed by atoms with van der Waals surface area (Å²) >= 11 is 0. The Morgan fingerprint density at radius 2 is 1.62 bits per heavy atom. The summed E-state index contributed by atoms with van der Waals surface area (Å²) in [5, 5.41) is 2.88. The second-order valence-corrected chi connectivity index (χ2v) is 6.54. The van der Waals surface area contributed by atoms with E-state index in [-0.39, 0.29) is 5.91 Å². The minimum Gasteiger partial charge on any atom is -0.333 e. The third-order valence-electron chi connectivity index (χ3n) is 4.65. The number of pyridine rings is 1. The molecular weight excluding hydrogens is 362 g/mol. The molecule has 0 saturated heterocycles. The second-order valence-electron chi connectivity index (χ2n) is 6.54. The van der Waals surface area contributed by atoms with Crippen LogP contribution in [0.2, 0.25) is 0 Å². The van der Waals surface area contributed by atoms with Gasteiger partial charge in [-0.3, -0.25) is 9.78 Å². The number of nitrogens with one attached hydrogen (secondary N) is 1. The summed E-state index contributed by atoms with van der Waals surface area (Å²) in [4.78, 5) is 31.3. The van der Waals surface area contributed by atoms with E-state index < -0.39 is 6.04 Å². The largest absolute Gasteiger partial charge is 0.333 e. The van der Waals surface area contributed by atoms with Crippen molar-refractivity contribution in [2.24, 2.45) is 0 Å². The van der Waals surface area contributed by atoms with Gasteiger partial charge in [0.1, 0.15) is 12.3 Å². The molecule has 1 aliphatic rings. The molecule has 5 nitrogen and oxygen atoms in total. The third-order valence-corrected chi connectivity index (χ3v) is 4.65. The van der Waals surface area contributed by atoms with E-state index in [0.717, 1.165) is 23.2 Å². The quantitative estimate of drug-likeness (QED) is 0.677. The van der Waals surface area contributed by atoms with Crippen molar-refractivity contribution in [2.45, 2.75) is 6.04 Å². The minimum atomic E-state index is -0.742. The van der Waals surface area contributed by atoms with Crippen LogP contribution in [0, 0.1) is 0 Å². The van der Waals surface area contributed by atoms with Crippen molar-refractivity contribution >= 4 is 29.1 Å². The van der Waals surface area contributed by atoms with Crippen molar-refractivity contribution in [2.75, 3.05) is 10.2 Å². The second kappa shape index (κ2) is 8.35. The number of nitrogens with zero attached hydrogens (tertiary/aromatic N) is 2. The number of para-hydroxylation sites is 2. The number of carbonyl (C=O) groups excluding carboxylic acids is 2. The van der Waals surface area contributed by atoms with E-state index in [2.05, 4.69) is 10.3 Å². The lowest BCUT2D eigenvalue weighted by Gasteiger charge is -2.32. The molecule has 0 fully saturated rings. The number of carbonyl (C=O) groups is 2. The summed E-state index contributed by atoms with van der Waals surface area (Å²) in [5.74, 6) is -0.323. The lowest BCUT2D eigenvalue weighted by atomic mass is 9.96. The predicted molar refractivity (Wildman–Crippen MR) is 114 cm³/mol. The fourth-order valence-corrected chi connectivity index (χ4v) is 3.24. The van der Waals surface area contributed by atoms with Crippen molar-refractivity contribution in [1.29, 1.82) is 0 Å². The highest BCUT2D eigenvalue weighted by atomic mass is 16.2. The Hall–Kier alpha value is -3.99. The first-order valence-corrected chi connectivity index (χ1v) is 9.26. The SMILES string of the molecule is O=CC1C(C(=O)Nc2ccccc2)=CC(c2ccccn2)=CN1c1ccccc1. The highest BCUT2D eigenvalue weighted by molar-refractivity contribution is 6.10. The number of aromatic nitrogens is 1. The number of hydrogen-bond acceptors (Lipinski definition) is 4. The number of rotatable bonds is 5. The maximum atomic E-state index is 13.1. The van der Waals surface area contributed by atoms with E-state index in [4.69, 9.17) is 0 Å². The molecule has 0 bridgehead atoms. The Labute approximate surface area is 169 Å². The lowest BCUT2D eigenvalue weighted by molar-refractivity contribution is -0.115. The number of allylic oxidation sites excluding steroid dienone is 2. The molecule has 0 aliphatic carbocycles. The van der Waals surface area contributed by atoms with Gasteiger partial charge in [0.15, 0.2) is 0 Å². The van der Waals surface area contributed by atoms with Gasteiger partial charge in [0.25, 0.3) is 5.91 Å². The molecule has 29 heavy (non-hydrogen) atoms. The van der Waals surface area contributed by atoms with Crippen LogP contribution in [0.4, 0.5) is 11.4 Å². The van der Waals surface area contributed by atoms with Crippen molar-refractivity contribution in [3.8, 4) is 0 Å². The van der Waals surface area contributed by atoms with Crippen molar-refractivity contribution < 1.29 is 9.59 Å². The van der Waals surface area contributed by atoms with E-state index >= 15 is 0 Å². The van der Waals surface area contributed by atoms with E-state index in [1.54, 1.807) is 17.2 Å². The number of amides is 1. The van der Waals surface area contributed by atoms with Gasteiger partial charge in [-0.2, -0.15) is 0 Å². The first kappa shape index (κ1) is 18.4. The molecule has 1 unspecified atom stereocenters. The van der Waals surface area contributed by atoms with Gasteiger partial charge in [-0.1, -0.05) is 42.5 Å². The van der Waals surface area contributed by atoms with Crippen LogP contribution in [0.3, 0.4) is 0 Å². The molecule has 1 atom stereocenters. The Balaban J connectivity index is 1.77. The number of benzene rings is 2. The molecular formula is C24H19N3O2. The van der Waals surface area contributed by atoms with Crippen LogP contribution >= 0.6 is 0 Å². The van der Waals surface area contributed by atoms with E-state index in [1.807, 2.05) is 85.1 Å². The summed E-state index contributed by atoms with van der Waals surface area (Å²) in [6.07, 6.45) is 6.08. The topological polar surface area (TPSA) is 62.3 Å². The highest BCUT2D eigenvalue weighted by Gasteiger charge is 2.30. The molecule has 5 heteroatoms. The van der Waals surface area contributed by atoms with Gasteiger partial charge >= 0.3 is 0 Å². The number of aldehydes is 1. The number of hydrogen-bond donors (Lipinski definition) is 1. The van der Waals surface area contributed by atoms with E-state index in [0.29, 0.717) is 11.3 Å². The Morgan fingerprint density at radius 1 is 0.931 bits per heavy atom. The van der Waals surface area contributed by atoms with Gasteiger partial charge in [-0.15, -0.1) is 0 Å². The zero-order valence-corrected chi connectivity index (χ0v) is 15.6. The molecule has 1 N–H and O–H groups in total.